The zero-order valence-corrected chi connectivity index (χ0v) is 12.8. The molecule has 1 atom stereocenters. The highest BCUT2D eigenvalue weighted by atomic mass is 16.5. The predicted octanol–water partition coefficient (Wildman–Crippen LogP) is 2.80. The number of hydrogen-bond donors (Lipinski definition) is 1. The molecule has 2 N–H and O–H groups in total. The molecule has 0 bridgehead atoms. The molecule has 2 rings (SSSR count). The maximum atomic E-state index is 5.95. The number of benzene rings is 1. The summed E-state index contributed by atoms with van der Waals surface area (Å²) in [4.78, 5) is 4.28. The Morgan fingerprint density at radius 2 is 2.05 bits per heavy atom. The maximum Gasteiger partial charge on any atom is 0.264 e. The van der Waals surface area contributed by atoms with Gasteiger partial charge in [-0.3, -0.25) is 0 Å². The Morgan fingerprint density at radius 1 is 1.29 bits per heavy atom. The molecule has 0 spiro atoms. The molecule has 114 valence electrons. The topological polar surface area (TPSA) is 83.4 Å². The van der Waals surface area contributed by atoms with Gasteiger partial charge in [0.15, 0.2) is 12.4 Å². The van der Waals surface area contributed by atoms with Crippen molar-refractivity contribution in [3.8, 4) is 11.5 Å². The van der Waals surface area contributed by atoms with Gasteiger partial charge in [-0.2, -0.15) is 4.98 Å². The molecule has 0 saturated carbocycles. The fourth-order valence-corrected chi connectivity index (χ4v) is 1.84. The number of nitrogens with two attached hydrogens (primary N) is 1. The zero-order valence-electron chi connectivity index (χ0n) is 12.8. The van der Waals surface area contributed by atoms with Crippen LogP contribution in [0.5, 0.6) is 11.5 Å². The number of methoxy groups -OCH3 is 1. The summed E-state index contributed by atoms with van der Waals surface area (Å²) in [5.74, 6) is 2.71. The van der Waals surface area contributed by atoms with Crippen LogP contribution >= 0.6 is 0 Å². The van der Waals surface area contributed by atoms with E-state index in [0.29, 0.717) is 23.2 Å². The molecule has 2 aromatic rings. The van der Waals surface area contributed by atoms with Crippen LogP contribution in [-0.2, 0) is 6.61 Å². The van der Waals surface area contributed by atoms with E-state index in [-0.39, 0.29) is 18.6 Å². The number of rotatable bonds is 6. The summed E-state index contributed by atoms with van der Waals surface area (Å²) in [5, 5.41) is 3.90. The summed E-state index contributed by atoms with van der Waals surface area (Å²) < 4.78 is 16.1. The van der Waals surface area contributed by atoms with Crippen molar-refractivity contribution in [3.05, 3.63) is 35.5 Å². The molecule has 0 radical (unpaired) electrons. The van der Waals surface area contributed by atoms with Gasteiger partial charge >= 0.3 is 0 Å². The molecule has 6 heteroatoms. The van der Waals surface area contributed by atoms with Crippen LogP contribution in [0.4, 0.5) is 0 Å². The first kappa shape index (κ1) is 15.3. The third-order valence-electron chi connectivity index (χ3n) is 3.06. The lowest BCUT2D eigenvalue weighted by molar-refractivity contribution is 0.239. The third-order valence-corrected chi connectivity index (χ3v) is 3.06. The Hall–Kier alpha value is -2.08. The van der Waals surface area contributed by atoms with Gasteiger partial charge in [-0.05, 0) is 13.0 Å². The molecule has 0 unspecified atom stereocenters. The van der Waals surface area contributed by atoms with Crippen molar-refractivity contribution < 1.29 is 14.0 Å². The zero-order chi connectivity index (χ0) is 15.4. The SMILES string of the molecule is COc1ccc([C@H](C)N)c(OCc2nc(C(C)C)no2)c1. The number of aromatic nitrogens is 2. The second-order valence-corrected chi connectivity index (χ2v) is 5.18. The van der Waals surface area contributed by atoms with E-state index >= 15 is 0 Å². The molecule has 0 saturated heterocycles. The lowest BCUT2D eigenvalue weighted by atomic mass is 10.1. The van der Waals surface area contributed by atoms with Gasteiger partial charge in [0, 0.05) is 23.6 Å². The average molecular weight is 291 g/mol. The molecule has 6 nitrogen and oxygen atoms in total. The Kier molecular flexibility index (Phi) is 4.80. The second-order valence-electron chi connectivity index (χ2n) is 5.18. The van der Waals surface area contributed by atoms with Gasteiger partial charge in [-0.15, -0.1) is 0 Å². The van der Waals surface area contributed by atoms with Crippen LogP contribution in [0.25, 0.3) is 0 Å². The van der Waals surface area contributed by atoms with Gasteiger partial charge in [0.2, 0.25) is 0 Å². The molecule has 1 aromatic carbocycles. The lowest BCUT2D eigenvalue weighted by Crippen LogP contribution is -2.08. The highest BCUT2D eigenvalue weighted by molar-refractivity contribution is 5.42. The van der Waals surface area contributed by atoms with Gasteiger partial charge in [0.25, 0.3) is 5.89 Å². The molecule has 1 heterocycles. The second kappa shape index (κ2) is 6.58. The fraction of sp³-hybridized carbons (Fsp3) is 0.467. The van der Waals surface area contributed by atoms with Gasteiger partial charge in [-0.1, -0.05) is 25.1 Å². The van der Waals surface area contributed by atoms with E-state index < -0.39 is 0 Å². The van der Waals surface area contributed by atoms with E-state index in [0.717, 1.165) is 5.56 Å². The quantitative estimate of drug-likeness (QED) is 0.881. The standard InChI is InChI=1S/C15H21N3O3/c1-9(2)15-17-14(21-18-15)8-20-13-7-11(19-4)5-6-12(13)10(3)16/h5-7,9-10H,8,16H2,1-4H3/t10-/m0/s1. The molecule has 0 amide bonds. The van der Waals surface area contributed by atoms with Crippen molar-refractivity contribution >= 4 is 0 Å². The summed E-state index contributed by atoms with van der Waals surface area (Å²) >= 11 is 0. The maximum absolute atomic E-state index is 5.95. The van der Waals surface area contributed by atoms with Crippen molar-refractivity contribution in [2.75, 3.05) is 7.11 Å². The fourth-order valence-electron chi connectivity index (χ4n) is 1.84. The van der Waals surface area contributed by atoms with E-state index in [2.05, 4.69) is 10.1 Å². The number of nitrogens with zero attached hydrogens (tertiary/aromatic N) is 2. The van der Waals surface area contributed by atoms with Gasteiger partial charge in [-0.25, -0.2) is 0 Å². The van der Waals surface area contributed by atoms with Gasteiger partial charge in [0.05, 0.1) is 7.11 Å². The van der Waals surface area contributed by atoms with Crippen molar-refractivity contribution in [3.63, 3.8) is 0 Å². The summed E-state index contributed by atoms with van der Waals surface area (Å²) in [6, 6.07) is 5.42. The molecular formula is C15H21N3O3. The smallest absolute Gasteiger partial charge is 0.264 e. The monoisotopic (exact) mass is 291 g/mol. The molecule has 0 aliphatic heterocycles. The lowest BCUT2D eigenvalue weighted by Gasteiger charge is -2.14. The summed E-state index contributed by atoms with van der Waals surface area (Å²) in [6.07, 6.45) is 0. The van der Waals surface area contributed by atoms with Gasteiger partial charge < -0.3 is 19.7 Å². The summed E-state index contributed by atoms with van der Waals surface area (Å²) in [6.45, 7) is 6.11. The van der Waals surface area contributed by atoms with E-state index in [1.807, 2.05) is 32.9 Å². The predicted molar refractivity (Wildman–Crippen MR) is 78.3 cm³/mol. The van der Waals surface area contributed by atoms with E-state index in [1.165, 1.54) is 0 Å². The van der Waals surface area contributed by atoms with Crippen molar-refractivity contribution in [1.82, 2.24) is 10.1 Å². The van der Waals surface area contributed by atoms with E-state index in [9.17, 15) is 0 Å². The first-order valence-electron chi connectivity index (χ1n) is 6.90. The van der Waals surface area contributed by atoms with Crippen LogP contribution in [0.2, 0.25) is 0 Å². The van der Waals surface area contributed by atoms with Crippen LogP contribution in [-0.4, -0.2) is 17.3 Å². The third kappa shape index (κ3) is 3.72. The Bertz CT molecular complexity index is 594. The average Bonchev–Trinajstić information content (AvgIpc) is 2.93. The van der Waals surface area contributed by atoms with Crippen molar-refractivity contribution in [2.24, 2.45) is 5.73 Å². The minimum absolute atomic E-state index is 0.139. The molecule has 0 fully saturated rings. The van der Waals surface area contributed by atoms with E-state index in [4.69, 9.17) is 19.7 Å². The molecule has 1 aromatic heterocycles. The first-order chi connectivity index (χ1) is 10.0. The number of ether oxygens (including phenoxy) is 2. The Labute approximate surface area is 124 Å². The number of hydrogen-bond acceptors (Lipinski definition) is 6. The van der Waals surface area contributed by atoms with E-state index in [1.54, 1.807) is 13.2 Å². The van der Waals surface area contributed by atoms with Crippen LogP contribution in [0.1, 0.15) is 50.0 Å². The summed E-state index contributed by atoms with van der Waals surface area (Å²) in [5.41, 5.74) is 6.85. The highest BCUT2D eigenvalue weighted by Gasteiger charge is 2.13. The van der Waals surface area contributed by atoms with Crippen LogP contribution < -0.4 is 15.2 Å². The normalized spacial score (nSPS) is 12.5. The van der Waals surface area contributed by atoms with Crippen LogP contribution in [0.3, 0.4) is 0 Å². The van der Waals surface area contributed by atoms with Crippen molar-refractivity contribution in [2.45, 2.75) is 39.3 Å². The molecular weight excluding hydrogens is 270 g/mol. The Morgan fingerprint density at radius 3 is 2.62 bits per heavy atom. The molecule has 21 heavy (non-hydrogen) atoms. The van der Waals surface area contributed by atoms with Crippen molar-refractivity contribution in [1.29, 1.82) is 0 Å². The molecule has 0 aliphatic carbocycles. The molecule has 0 aliphatic rings. The van der Waals surface area contributed by atoms with Gasteiger partial charge in [0.1, 0.15) is 11.5 Å². The Balaban J connectivity index is 2.14. The van der Waals surface area contributed by atoms with Crippen LogP contribution in [0.15, 0.2) is 22.7 Å². The largest absolute Gasteiger partial charge is 0.497 e. The highest BCUT2D eigenvalue weighted by Crippen LogP contribution is 2.29. The van der Waals surface area contributed by atoms with Crippen LogP contribution in [0, 0.1) is 0 Å². The minimum atomic E-state index is -0.139. The minimum Gasteiger partial charge on any atom is -0.497 e. The summed E-state index contributed by atoms with van der Waals surface area (Å²) in [7, 11) is 1.61. The first-order valence-corrected chi connectivity index (χ1v) is 6.90.